The number of ether oxygens (including phenoxy) is 3. The van der Waals surface area contributed by atoms with Crippen LogP contribution in [0.2, 0.25) is 0 Å². The highest BCUT2D eigenvalue weighted by molar-refractivity contribution is 7.89. The summed E-state index contributed by atoms with van der Waals surface area (Å²) >= 11 is 0. The molecule has 10 nitrogen and oxygen atoms in total. The van der Waals surface area contributed by atoms with E-state index < -0.39 is 15.9 Å². The molecule has 2 amide bonds. The number of carbonyl (C=O) groups is 2. The Morgan fingerprint density at radius 3 is 2.33 bits per heavy atom. The van der Waals surface area contributed by atoms with Crippen molar-refractivity contribution in [1.82, 2.24) is 14.9 Å². The molecule has 2 N–H and O–H groups in total. The summed E-state index contributed by atoms with van der Waals surface area (Å²) in [4.78, 5) is 24.6. The highest BCUT2D eigenvalue weighted by Gasteiger charge is 2.30. The van der Waals surface area contributed by atoms with Crippen LogP contribution in [0.3, 0.4) is 0 Å². The number of hydrogen-bond donors (Lipinski definition) is 2. The molecule has 1 heterocycles. The molecular formula is C22H27N3O7S. The van der Waals surface area contributed by atoms with Crippen LogP contribution in [-0.4, -0.2) is 71.6 Å². The van der Waals surface area contributed by atoms with Gasteiger partial charge in [-0.25, -0.2) is 8.42 Å². The highest BCUT2D eigenvalue weighted by atomic mass is 32.2. The molecular weight excluding hydrogens is 450 g/mol. The Morgan fingerprint density at radius 2 is 1.70 bits per heavy atom. The van der Waals surface area contributed by atoms with E-state index in [4.69, 9.17) is 14.2 Å². The summed E-state index contributed by atoms with van der Waals surface area (Å²) in [5.74, 6) is -0.105. The summed E-state index contributed by atoms with van der Waals surface area (Å²) < 4.78 is 42.9. The first kappa shape index (κ1) is 24.5. The maximum Gasteiger partial charge on any atom is 0.251 e. The lowest BCUT2D eigenvalue weighted by Crippen LogP contribution is -2.41. The third-order valence-corrected chi connectivity index (χ3v) is 6.99. The minimum atomic E-state index is -3.88. The average Bonchev–Trinajstić information content (AvgIpc) is 2.86. The normalized spacial score (nSPS) is 14.4. The van der Waals surface area contributed by atoms with E-state index in [-0.39, 0.29) is 41.7 Å². The van der Waals surface area contributed by atoms with Crippen molar-refractivity contribution in [2.75, 3.05) is 47.1 Å². The zero-order valence-electron chi connectivity index (χ0n) is 18.5. The third kappa shape index (κ3) is 6.21. The van der Waals surface area contributed by atoms with Crippen molar-refractivity contribution in [3.05, 3.63) is 53.6 Å². The summed E-state index contributed by atoms with van der Waals surface area (Å²) in [5.41, 5.74) is 0.981. The Bertz CT molecular complexity index is 1080. The number of methoxy groups -OCH3 is 2. The van der Waals surface area contributed by atoms with Crippen molar-refractivity contribution in [3.63, 3.8) is 0 Å². The van der Waals surface area contributed by atoms with E-state index in [9.17, 15) is 18.0 Å². The second kappa shape index (κ2) is 11.1. The smallest absolute Gasteiger partial charge is 0.251 e. The molecule has 1 aliphatic rings. The van der Waals surface area contributed by atoms with Crippen molar-refractivity contribution < 1.29 is 32.2 Å². The molecule has 0 unspecified atom stereocenters. The van der Waals surface area contributed by atoms with Gasteiger partial charge in [0, 0.05) is 25.2 Å². The van der Waals surface area contributed by atoms with E-state index in [1.807, 2.05) is 12.1 Å². The molecule has 178 valence electrons. The minimum Gasteiger partial charge on any atom is -0.497 e. The van der Waals surface area contributed by atoms with Gasteiger partial charge in [-0.1, -0.05) is 12.1 Å². The number of benzene rings is 2. The van der Waals surface area contributed by atoms with Crippen molar-refractivity contribution in [1.29, 1.82) is 0 Å². The minimum absolute atomic E-state index is 0.102. The molecule has 2 aromatic rings. The van der Waals surface area contributed by atoms with Crippen LogP contribution >= 0.6 is 0 Å². The van der Waals surface area contributed by atoms with Gasteiger partial charge < -0.3 is 24.8 Å². The molecule has 1 fully saturated rings. The second-order valence-corrected chi connectivity index (χ2v) is 9.10. The topological polar surface area (TPSA) is 123 Å². The van der Waals surface area contributed by atoms with Crippen LogP contribution in [-0.2, 0) is 26.1 Å². The Labute approximate surface area is 192 Å². The first-order valence-electron chi connectivity index (χ1n) is 10.3. The predicted molar refractivity (Wildman–Crippen MR) is 120 cm³/mol. The Morgan fingerprint density at radius 1 is 1.00 bits per heavy atom. The van der Waals surface area contributed by atoms with Crippen molar-refractivity contribution in [2.45, 2.75) is 11.4 Å². The number of hydrogen-bond acceptors (Lipinski definition) is 7. The lowest BCUT2D eigenvalue weighted by Gasteiger charge is -2.26. The summed E-state index contributed by atoms with van der Waals surface area (Å²) in [6.07, 6.45) is 0. The Balaban J connectivity index is 1.62. The van der Waals surface area contributed by atoms with Crippen LogP contribution in [0.25, 0.3) is 0 Å². The fourth-order valence-electron chi connectivity index (χ4n) is 3.21. The summed E-state index contributed by atoms with van der Waals surface area (Å²) in [7, 11) is -0.942. The lowest BCUT2D eigenvalue weighted by atomic mass is 10.2. The number of sulfonamides is 1. The molecule has 11 heteroatoms. The average molecular weight is 478 g/mol. The van der Waals surface area contributed by atoms with Crippen molar-refractivity contribution in [3.8, 4) is 11.5 Å². The molecule has 2 aromatic carbocycles. The van der Waals surface area contributed by atoms with Gasteiger partial charge in [0.15, 0.2) is 0 Å². The monoisotopic (exact) mass is 477 g/mol. The molecule has 1 saturated heterocycles. The maximum absolute atomic E-state index is 13.1. The molecule has 0 aromatic heterocycles. The summed E-state index contributed by atoms with van der Waals surface area (Å²) in [5, 5.41) is 5.22. The molecule has 0 saturated carbocycles. The van der Waals surface area contributed by atoms with Gasteiger partial charge in [-0.2, -0.15) is 4.31 Å². The SMILES string of the molecule is COc1ccc(CNC(=O)CNC(=O)c2ccc(OC)c(S(=O)(=O)N3CCOCC3)c2)cc1. The van der Waals surface area contributed by atoms with E-state index in [2.05, 4.69) is 10.6 Å². The van der Waals surface area contributed by atoms with Gasteiger partial charge in [-0.05, 0) is 35.9 Å². The molecule has 0 bridgehead atoms. The van der Waals surface area contributed by atoms with Crippen molar-refractivity contribution in [2.24, 2.45) is 0 Å². The van der Waals surface area contributed by atoms with E-state index in [1.54, 1.807) is 19.2 Å². The summed E-state index contributed by atoms with van der Waals surface area (Å²) in [6.45, 7) is 1.07. The van der Waals surface area contributed by atoms with Gasteiger partial charge in [-0.15, -0.1) is 0 Å². The number of amides is 2. The summed E-state index contributed by atoms with van der Waals surface area (Å²) in [6, 6.07) is 11.4. The van der Waals surface area contributed by atoms with Gasteiger partial charge in [-0.3, -0.25) is 9.59 Å². The molecule has 0 spiro atoms. The van der Waals surface area contributed by atoms with Gasteiger partial charge >= 0.3 is 0 Å². The Kier molecular flexibility index (Phi) is 8.26. The first-order chi connectivity index (χ1) is 15.8. The standard InChI is InChI=1S/C22H27N3O7S/c1-30-18-6-3-16(4-7-18)14-23-21(26)15-24-22(27)17-5-8-19(31-2)20(13-17)33(28,29)25-9-11-32-12-10-25/h3-8,13H,9-12,14-15H2,1-2H3,(H,23,26)(H,24,27). The lowest BCUT2D eigenvalue weighted by molar-refractivity contribution is -0.120. The van der Waals surface area contributed by atoms with E-state index in [0.717, 1.165) is 5.56 Å². The second-order valence-electron chi connectivity index (χ2n) is 7.19. The van der Waals surface area contributed by atoms with Gasteiger partial charge in [0.05, 0.1) is 34.0 Å². The molecule has 0 atom stereocenters. The van der Waals surface area contributed by atoms with Crippen LogP contribution in [0.4, 0.5) is 0 Å². The zero-order chi connectivity index (χ0) is 23.8. The largest absolute Gasteiger partial charge is 0.497 e. The zero-order valence-corrected chi connectivity index (χ0v) is 19.3. The number of carbonyl (C=O) groups excluding carboxylic acids is 2. The van der Waals surface area contributed by atoms with Crippen LogP contribution < -0.4 is 20.1 Å². The quantitative estimate of drug-likeness (QED) is 0.547. The third-order valence-electron chi connectivity index (χ3n) is 5.07. The van der Waals surface area contributed by atoms with Gasteiger partial charge in [0.25, 0.3) is 5.91 Å². The highest BCUT2D eigenvalue weighted by Crippen LogP contribution is 2.28. The van der Waals surface area contributed by atoms with Gasteiger partial charge in [0.1, 0.15) is 16.4 Å². The molecule has 1 aliphatic heterocycles. The van der Waals surface area contributed by atoms with E-state index >= 15 is 0 Å². The Hall–Kier alpha value is -3.15. The fraction of sp³-hybridized carbons (Fsp3) is 0.364. The number of nitrogens with one attached hydrogen (secondary N) is 2. The number of nitrogens with zero attached hydrogens (tertiary/aromatic N) is 1. The predicted octanol–water partition coefficient (Wildman–Crippen LogP) is 0.771. The number of morpholine rings is 1. The van der Waals surface area contributed by atoms with E-state index in [1.165, 1.54) is 29.6 Å². The van der Waals surface area contributed by atoms with Crippen molar-refractivity contribution >= 4 is 21.8 Å². The van der Waals surface area contributed by atoms with Crippen LogP contribution in [0.15, 0.2) is 47.4 Å². The van der Waals surface area contributed by atoms with Crippen LogP contribution in [0, 0.1) is 0 Å². The first-order valence-corrected chi connectivity index (χ1v) is 11.7. The maximum atomic E-state index is 13.1. The molecule has 33 heavy (non-hydrogen) atoms. The van der Waals surface area contributed by atoms with Crippen LogP contribution in [0.1, 0.15) is 15.9 Å². The molecule has 0 radical (unpaired) electrons. The molecule has 3 rings (SSSR count). The molecule has 0 aliphatic carbocycles. The van der Waals surface area contributed by atoms with E-state index in [0.29, 0.717) is 25.5 Å². The fourth-order valence-corrected chi connectivity index (χ4v) is 4.80. The number of rotatable bonds is 9. The van der Waals surface area contributed by atoms with Gasteiger partial charge in [0.2, 0.25) is 15.9 Å². The van der Waals surface area contributed by atoms with Crippen LogP contribution in [0.5, 0.6) is 11.5 Å².